The minimum absolute atomic E-state index is 0.0845. The van der Waals surface area contributed by atoms with E-state index in [-0.39, 0.29) is 22.5 Å². The summed E-state index contributed by atoms with van der Waals surface area (Å²) in [5.41, 5.74) is 2.25. The minimum Gasteiger partial charge on any atom is -0.454 e. The van der Waals surface area contributed by atoms with E-state index in [1.54, 1.807) is 13.0 Å². The second-order valence-electron chi connectivity index (χ2n) is 10.1. The summed E-state index contributed by atoms with van der Waals surface area (Å²) < 4.78 is 5.39. The first-order valence-electron chi connectivity index (χ1n) is 10.7. The van der Waals surface area contributed by atoms with Crippen molar-refractivity contribution in [2.24, 2.45) is 34.5 Å². The van der Waals surface area contributed by atoms with Gasteiger partial charge in [0, 0.05) is 24.7 Å². The number of rotatable bonds is 2. The van der Waals surface area contributed by atoms with Crippen molar-refractivity contribution in [1.82, 2.24) is 0 Å². The molecule has 0 spiro atoms. The van der Waals surface area contributed by atoms with Crippen LogP contribution in [0.1, 0.15) is 66.7 Å². The molecule has 0 aromatic rings. The highest BCUT2D eigenvalue weighted by atomic mass is 16.5. The van der Waals surface area contributed by atoms with Crippen molar-refractivity contribution in [2.75, 3.05) is 0 Å². The summed E-state index contributed by atoms with van der Waals surface area (Å²) in [5, 5.41) is 0. The molecule has 4 rings (SSSR count). The van der Waals surface area contributed by atoms with Crippen molar-refractivity contribution in [3.8, 4) is 0 Å². The maximum atomic E-state index is 12.6. The Morgan fingerprint density at radius 2 is 1.82 bits per heavy atom. The molecule has 4 aliphatic rings. The molecule has 2 fully saturated rings. The van der Waals surface area contributed by atoms with E-state index in [1.807, 2.05) is 0 Å². The predicted molar refractivity (Wildman–Crippen MR) is 106 cm³/mol. The van der Waals surface area contributed by atoms with E-state index in [4.69, 9.17) is 4.74 Å². The molecule has 0 heterocycles. The number of carbonyl (C=O) groups excluding carboxylic acids is 3. The van der Waals surface area contributed by atoms with E-state index in [1.165, 1.54) is 12.5 Å². The molecule has 4 nitrogen and oxygen atoms in total. The second kappa shape index (κ2) is 6.40. The fraction of sp³-hybridized carbons (Fsp3) is 0.708. The lowest BCUT2D eigenvalue weighted by Crippen LogP contribution is -2.52. The first-order valence-corrected chi connectivity index (χ1v) is 10.7. The molecule has 2 saturated carbocycles. The molecule has 0 saturated heterocycles. The Hall–Kier alpha value is -1.71. The van der Waals surface area contributed by atoms with Crippen LogP contribution in [0.5, 0.6) is 0 Å². The number of fused-ring (bicyclic) bond motifs is 5. The van der Waals surface area contributed by atoms with Crippen LogP contribution in [-0.4, -0.2) is 23.6 Å². The number of carbonyl (C=O) groups is 3. The highest BCUT2D eigenvalue weighted by molar-refractivity contribution is 5.97. The monoisotopic (exact) mass is 384 g/mol. The highest BCUT2D eigenvalue weighted by Crippen LogP contribution is 2.66. The molecule has 152 valence electrons. The van der Waals surface area contributed by atoms with Crippen LogP contribution < -0.4 is 0 Å². The van der Waals surface area contributed by atoms with Crippen LogP contribution in [0.25, 0.3) is 0 Å². The molecule has 4 aliphatic carbocycles. The molecule has 0 aromatic carbocycles. The Morgan fingerprint density at radius 3 is 2.46 bits per heavy atom. The van der Waals surface area contributed by atoms with Crippen molar-refractivity contribution < 1.29 is 19.1 Å². The number of ketones is 2. The van der Waals surface area contributed by atoms with Gasteiger partial charge in [0.15, 0.2) is 11.9 Å². The van der Waals surface area contributed by atoms with Crippen LogP contribution in [0.4, 0.5) is 0 Å². The van der Waals surface area contributed by atoms with Crippen molar-refractivity contribution in [2.45, 2.75) is 72.8 Å². The molecule has 28 heavy (non-hydrogen) atoms. The Labute approximate surface area is 167 Å². The summed E-state index contributed by atoms with van der Waals surface area (Å²) in [5.74, 6) is 1.40. The molecule has 0 aliphatic heterocycles. The Morgan fingerprint density at radius 1 is 1.11 bits per heavy atom. The van der Waals surface area contributed by atoms with Gasteiger partial charge in [0.05, 0.1) is 0 Å². The number of esters is 1. The van der Waals surface area contributed by atoms with Crippen molar-refractivity contribution in [1.29, 1.82) is 0 Å². The average molecular weight is 385 g/mol. The number of hydrogen-bond donors (Lipinski definition) is 0. The van der Waals surface area contributed by atoms with E-state index < -0.39 is 12.1 Å². The van der Waals surface area contributed by atoms with E-state index >= 15 is 0 Å². The third-order valence-corrected chi connectivity index (χ3v) is 8.65. The van der Waals surface area contributed by atoms with Crippen LogP contribution in [0.15, 0.2) is 23.3 Å². The van der Waals surface area contributed by atoms with E-state index in [0.29, 0.717) is 30.0 Å². The van der Waals surface area contributed by atoms with Crippen LogP contribution in [-0.2, 0) is 19.1 Å². The minimum atomic E-state index is -0.667. The summed E-state index contributed by atoms with van der Waals surface area (Å²) in [6, 6.07) is 0. The largest absolute Gasteiger partial charge is 0.454 e. The maximum Gasteiger partial charge on any atom is 0.303 e. The third kappa shape index (κ3) is 2.67. The van der Waals surface area contributed by atoms with E-state index in [0.717, 1.165) is 31.3 Å². The van der Waals surface area contributed by atoms with Gasteiger partial charge in [0.25, 0.3) is 0 Å². The van der Waals surface area contributed by atoms with Gasteiger partial charge in [-0.05, 0) is 74.3 Å². The van der Waals surface area contributed by atoms with Gasteiger partial charge in [-0.15, -0.1) is 0 Å². The van der Waals surface area contributed by atoms with Crippen molar-refractivity contribution >= 4 is 17.5 Å². The molecular formula is C24H32O4. The zero-order valence-corrected chi connectivity index (χ0v) is 17.7. The molecule has 1 unspecified atom stereocenters. The fourth-order valence-corrected chi connectivity index (χ4v) is 7.43. The molecule has 0 radical (unpaired) electrons. The lowest BCUT2D eigenvalue weighted by Gasteiger charge is -2.57. The normalized spacial score (nSPS) is 44.6. The summed E-state index contributed by atoms with van der Waals surface area (Å²) >= 11 is 0. The smallest absolute Gasteiger partial charge is 0.303 e. The summed E-state index contributed by atoms with van der Waals surface area (Å²) in [6.45, 7) is 9.83. The van der Waals surface area contributed by atoms with Crippen molar-refractivity contribution in [3.05, 3.63) is 23.3 Å². The van der Waals surface area contributed by atoms with Gasteiger partial charge < -0.3 is 4.74 Å². The summed E-state index contributed by atoms with van der Waals surface area (Å²) in [4.78, 5) is 36.4. The van der Waals surface area contributed by atoms with Gasteiger partial charge >= 0.3 is 5.97 Å². The highest BCUT2D eigenvalue weighted by Gasteiger charge is 2.60. The van der Waals surface area contributed by atoms with Crippen molar-refractivity contribution in [3.63, 3.8) is 0 Å². The Balaban J connectivity index is 1.73. The predicted octanol–water partition coefficient (Wildman–Crippen LogP) is 4.43. The van der Waals surface area contributed by atoms with Gasteiger partial charge in [-0.25, -0.2) is 0 Å². The average Bonchev–Trinajstić information content (AvgIpc) is 2.94. The summed E-state index contributed by atoms with van der Waals surface area (Å²) in [6.07, 6.45) is 8.25. The van der Waals surface area contributed by atoms with E-state index in [9.17, 15) is 14.4 Å². The second-order valence-corrected chi connectivity index (χ2v) is 10.1. The number of ether oxygens (including phenoxy) is 1. The van der Waals surface area contributed by atoms with Gasteiger partial charge in [-0.3, -0.25) is 14.4 Å². The lowest BCUT2D eigenvalue weighted by atomic mass is 9.47. The zero-order valence-electron chi connectivity index (χ0n) is 17.7. The van der Waals surface area contributed by atoms with Crippen LogP contribution in [0, 0.1) is 34.5 Å². The Bertz CT molecular complexity index is 805. The van der Waals surface area contributed by atoms with Gasteiger partial charge in [0.2, 0.25) is 0 Å². The molecular weight excluding hydrogens is 352 g/mol. The summed E-state index contributed by atoms with van der Waals surface area (Å²) in [7, 11) is 0. The molecule has 4 heteroatoms. The topological polar surface area (TPSA) is 60.4 Å². The number of hydrogen-bond acceptors (Lipinski definition) is 4. The number of Topliss-reactive ketones (excluding diaryl/α,β-unsaturated/α-hetero) is 1. The maximum absolute atomic E-state index is 12.6. The first kappa shape index (κ1) is 19.6. The Kier molecular flexibility index (Phi) is 4.48. The van der Waals surface area contributed by atoms with Crippen LogP contribution in [0.3, 0.4) is 0 Å². The fourth-order valence-electron chi connectivity index (χ4n) is 7.43. The standard InChI is InChI=1S/C24H32O4/c1-13-10-16-18-7-6-17(14(2)25)23(18,4)9-8-19(16)24(5)12-22(28-15(3)26)21(27)11-20(13)24/h10-11,16-19,22H,6-9,12H2,1-5H3/t16-,17+,18-,19-,22?,23+,24+/m0/s1. The van der Waals surface area contributed by atoms with Gasteiger partial charge in [-0.1, -0.05) is 25.5 Å². The molecule has 0 N–H and O–H groups in total. The molecule has 0 bridgehead atoms. The van der Waals surface area contributed by atoms with Crippen LogP contribution in [0.2, 0.25) is 0 Å². The first-order chi connectivity index (χ1) is 13.1. The number of allylic oxidation sites excluding steroid dienone is 3. The lowest BCUT2D eigenvalue weighted by molar-refractivity contribution is -0.155. The van der Waals surface area contributed by atoms with E-state index in [2.05, 4.69) is 26.8 Å². The molecule has 7 atom stereocenters. The van der Waals surface area contributed by atoms with Gasteiger partial charge in [-0.2, -0.15) is 0 Å². The molecule has 0 amide bonds. The van der Waals surface area contributed by atoms with Gasteiger partial charge in [0.1, 0.15) is 5.78 Å². The SMILES string of the molecule is CC(=O)OC1C[C@@]2(C)C(=CC1=O)C(C)=C[C@H]1[C@@H]3CC[C@H](C(C)=O)[C@@]3(C)CC[C@@H]12. The molecule has 0 aromatic heterocycles. The van der Waals surface area contributed by atoms with Crippen LogP contribution >= 0.6 is 0 Å². The zero-order chi connectivity index (χ0) is 20.4. The third-order valence-electron chi connectivity index (χ3n) is 8.65. The quantitative estimate of drug-likeness (QED) is 0.661.